The standard InChI is InChI=1S/C21H23N3O4/c25-20(23-21(26)22-16-5-2-1-3-6-16)14-24-10-4-7-17(24)15-8-9-18-19(13-15)28-12-11-27-18/h1-3,5-6,8-9,13,17H,4,7,10-12,14H2,(H2,22,23,25,26)/p+1/t17-/m0/s1. The van der Waals surface area contributed by atoms with Gasteiger partial charge in [-0.25, -0.2) is 4.79 Å². The minimum atomic E-state index is -0.509. The quantitative estimate of drug-likeness (QED) is 0.749. The zero-order valence-electron chi connectivity index (χ0n) is 15.6. The number of imide groups is 1. The fourth-order valence-electron chi connectivity index (χ4n) is 3.86. The summed E-state index contributed by atoms with van der Waals surface area (Å²) in [5, 5.41) is 5.09. The number of anilines is 1. The van der Waals surface area contributed by atoms with Gasteiger partial charge in [0.15, 0.2) is 18.0 Å². The Hall–Kier alpha value is -3.06. The van der Waals surface area contributed by atoms with Gasteiger partial charge < -0.3 is 19.7 Å². The summed E-state index contributed by atoms with van der Waals surface area (Å²) >= 11 is 0. The van der Waals surface area contributed by atoms with Gasteiger partial charge in [0.2, 0.25) is 0 Å². The Morgan fingerprint density at radius 3 is 2.64 bits per heavy atom. The Balaban J connectivity index is 1.36. The number of hydrogen-bond acceptors (Lipinski definition) is 4. The molecule has 2 aromatic rings. The van der Waals surface area contributed by atoms with Crippen LogP contribution in [0.4, 0.5) is 10.5 Å². The van der Waals surface area contributed by atoms with E-state index in [1.807, 2.05) is 36.4 Å². The van der Waals surface area contributed by atoms with E-state index in [1.165, 1.54) is 0 Å². The summed E-state index contributed by atoms with van der Waals surface area (Å²) in [6, 6.07) is 14.8. The third-order valence-electron chi connectivity index (χ3n) is 5.12. The molecule has 2 aliphatic rings. The van der Waals surface area contributed by atoms with Gasteiger partial charge in [-0.2, -0.15) is 0 Å². The van der Waals surface area contributed by atoms with Crippen molar-refractivity contribution in [1.82, 2.24) is 5.32 Å². The minimum Gasteiger partial charge on any atom is -0.486 e. The van der Waals surface area contributed by atoms with Crippen LogP contribution in [-0.4, -0.2) is 38.2 Å². The third-order valence-corrected chi connectivity index (χ3v) is 5.12. The van der Waals surface area contributed by atoms with E-state index in [9.17, 15) is 9.59 Å². The van der Waals surface area contributed by atoms with E-state index < -0.39 is 6.03 Å². The van der Waals surface area contributed by atoms with Crippen LogP contribution < -0.4 is 25.0 Å². The van der Waals surface area contributed by atoms with Gasteiger partial charge in [-0.3, -0.25) is 10.1 Å². The number of urea groups is 1. The van der Waals surface area contributed by atoms with Crippen molar-refractivity contribution in [3.8, 4) is 11.5 Å². The molecule has 0 aromatic heterocycles. The molecule has 1 saturated heterocycles. The molecule has 3 amide bonds. The SMILES string of the molecule is O=C(C[NH+]1CCC[C@H]1c1ccc2c(c1)OCCO2)NC(=O)Nc1ccccc1. The lowest BCUT2D eigenvalue weighted by Gasteiger charge is -2.23. The normalized spacial score (nSPS) is 20.4. The van der Waals surface area contributed by atoms with E-state index >= 15 is 0 Å². The van der Waals surface area contributed by atoms with Crippen molar-refractivity contribution < 1.29 is 24.0 Å². The van der Waals surface area contributed by atoms with E-state index in [0.29, 0.717) is 18.9 Å². The monoisotopic (exact) mass is 382 g/mol. The average Bonchev–Trinajstić information content (AvgIpc) is 3.16. The number of nitrogens with one attached hydrogen (secondary N) is 3. The molecule has 146 valence electrons. The van der Waals surface area contributed by atoms with Gasteiger partial charge in [0.25, 0.3) is 5.91 Å². The highest BCUT2D eigenvalue weighted by Crippen LogP contribution is 2.33. The molecule has 28 heavy (non-hydrogen) atoms. The van der Waals surface area contributed by atoms with Crippen LogP contribution in [0.2, 0.25) is 0 Å². The molecule has 2 aliphatic heterocycles. The summed E-state index contributed by atoms with van der Waals surface area (Å²) < 4.78 is 11.3. The number of quaternary nitrogens is 1. The van der Waals surface area contributed by atoms with Gasteiger partial charge in [-0.05, 0) is 30.3 Å². The van der Waals surface area contributed by atoms with Crippen molar-refractivity contribution >= 4 is 17.6 Å². The van der Waals surface area contributed by atoms with Crippen LogP contribution >= 0.6 is 0 Å². The molecule has 2 heterocycles. The largest absolute Gasteiger partial charge is 0.486 e. The van der Waals surface area contributed by atoms with Crippen molar-refractivity contribution in [2.45, 2.75) is 18.9 Å². The predicted octanol–water partition coefficient (Wildman–Crippen LogP) is 1.53. The maximum absolute atomic E-state index is 12.4. The van der Waals surface area contributed by atoms with Crippen molar-refractivity contribution in [3.63, 3.8) is 0 Å². The topological polar surface area (TPSA) is 81.1 Å². The summed E-state index contributed by atoms with van der Waals surface area (Å²) in [6.07, 6.45) is 2.04. The fraction of sp³-hybridized carbons (Fsp3) is 0.333. The van der Waals surface area contributed by atoms with E-state index in [1.54, 1.807) is 12.1 Å². The summed E-state index contributed by atoms with van der Waals surface area (Å²) in [5.41, 5.74) is 1.79. The highest BCUT2D eigenvalue weighted by atomic mass is 16.6. The average molecular weight is 382 g/mol. The smallest absolute Gasteiger partial charge is 0.326 e. The number of para-hydroxylation sites is 1. The first-order valence-electron chi connectivity index (χ1n) is 9.59. The van der Waals surface area contributed by atoms with E-state index in [0.717, 1.165) is 41.3 Å². The van der Waals surface area contributed by atoms with Crippen molar-refractivity contribution in [1.29, 1.82) is 0 Å². The van der Waals surface area contributed by atoms with Crippen molar-refractivity contribution in [2.75, 3.05) is 31.6 Å². The molecule has 1 fully saturated rings. The van der Waals surface area contributed by atoms with Crippen LogP contribution in [0.25, 0.3) is 0 Å². The lowest BCUT2D eigenvalue weighted by atomic mass is 10.0. The van der Waals surface area contributed by atoms with Gasteiger partial charge >= 0.3 is 6.03 Å². The molecular weight excluding hydrogens is 358 g/mol. The molecule has 0 aliphatic carbocycles. The Bertz CT molecular complexity index is 856. The minimum absolute atomic E-state index is 0.207. The van der Waals surface area contributed by atoms with Crippen molar-refractivity contribution in [2.24, 2.45) is 0 Å². The first-order chi connectivity index (χ1) is 13.7. The molecule has 2 atom stereocenters. The molecule has 2 aromatic carbocycles. The molecule has 0 saturated carbocycles. The number of amides is 3. The summed E-state index contributed by atoms with van der Waals surface area (Å²) in [4.78, 5) is 25.6. The highest BCUT2D eigenvalue weighted by Gasteiger charge is 2.32. The number of hydrogen-bond donors (Lipinski definition) is 3. The number of ether oxygens (including phenoxy) is 2. The number of likely N-dealkylation sites (tertiary alicyclic amines) is 1. The second-order valence-corrected chi connectivity index (χ2v) is 7.05. The first kappa shape index (κ1) is 18.3. The highest BCUT2D eigenvalue weighted by molar-refractivity contribution is 6.01. The molecule has 7 heteroatoms. The van der Waals surface area contributed by atoms with Crippen LogP contribution in [0.15, 0.2) is 48.5 Å². The second-order valence-electron chi connectivity index (χ2n) is 7.05. The first-order valence-corrected chi connectivity index (χ1v) is 9.59. The van der Waals surface area contributed by atoms with Gasteiger partial charge in [0.1, 0.15) is 19.3 Å². The maximum Gasteiger partial charge on any atom is 0.326 e. The lowest BCUT2D eigenvalue weighted by Crippen LogP contribution is -3.11. The van der Waals surface area contributed by atoms with Gasteiger partial charge in [-0.1, -0.05) is 18.2 Å². The number of benzene rings is 2. The van der Waals surface area contributed by atoms with Crippen LogP contribution in [0, 0.1) is 0 Å². The summed E-state index contributed by atoms with van der Waals surface area (Å²) in [5.74, 6) is 1.25. The molecular formula is C21H24N3O4+. The number of carbonyl (C=O) groups is 2. The molecule has 0 bridgehead atoms. The Morgan fingerprint density at radius 1 is 1.04 bits per heavy atom. The van der Waals surface area contributed by atoms with Gasteiger partial charge in [0.05, 0.1) is 6.54 Å². The zero-order valence-corrected chi connectivity index (χ0v) is 15.6. The number of fused-ring (bicyclic) bond motifs is 1. The number of rotatable bonds is 4. The second kappa shape index (κ2) is 8.31. The Kier molecular flexibility index (Phi) is 5.43. The van der Waals surface area contributed by atoms with E-state index in [-0.39, 0.29) is 18.5 Å². The lowest BCUT2D eigenvalue weighted by molar-refractivity contribution is -0.910. The maximum atomic E-state index is 12.4. The van der Waals surface area contributed by atoms with Crippen LogP contribution in [-0.2, 0) is 4.79 Å². The van der Waals surface area contributed by atoms with E-state index in [4.69, 9.17) is 9.47 Å². The fourth-order valence-corrected chi connectivity index (χ4v) is 3.86. The van der Waals surface area contributed by atoms with Gasteiger partial charge in [-0.15, -0.1) is 0 Å². The summed E-state index contributed by atoms with van der Waals surface area (Å²) in [6.45, 7) is 2.27. The molecule has 4 rings (SSSR count). The van der Waals surface area contributed by atoms with Crippen LogP contribution in [0.5, 0.6) is 11.5 Å². The molecule has 0 radical (unpaired) electrons. The predicted molar refractivity (Wildman–Crippen MR) is 104 cm³/mol. The van der Waals surface area contributed by atoms with E-state index in [2.05, 4.69) is 10.6 Å². The third kappa shape index (κ3) is 4.26. The van der Waals surface area contributed by atoms with Crippen LogP contribution in [0.3, 0.4) is 0 Å². The number of carbonyl (C=O) groups excluding carboxylic acids is 2. The molecule has 1 unspecified atom stereocenters. The molecule has 7 nitrogen and oxygen atoms in total. The molecule has 3 N–H and O–H groups in total. The zero-order chi connectivity index (χ0) is 19.3. The van der Waals surface area contributed by atoms with Crippen LogP contribution in [0.1, 0.15) is 24.4 Å². The Labute approximate surface area is 163 Å². The molecule has 0 spiro atoms. The van der Waals surface area contributed by atoms with Crippen molar-refractivity contribution in [3.05, 3.63) is 54.1 Å². The Morgan fingerprint density at radius 2 is 1.82 bits per heavy atom. The van der Waals surface area contributed by atoms with Gasteiger partial charge in [0, 0.05) is 24.1 Å². The summed E-state index contributed by atoms with van der Waals surface area (Å²) in [7, 11) is 0.